The van der Waals surface area contributed by atoms with Gasteiger partial charge in [0, 0.05) is 25.3 Å². The van der Waals surface area contributed by atoms with Gasteiger partial charge in [-0.1, -0.05) is 12.1 Å². The summed E-state index contributed by atoms with van der Waals surface area (Å²) in [6.07, 6.45) is 5.66. The van der Waals surface area contributed by atoms with Gasteiger partial charge in [0.25, 0.3) is 0 Å². The van der Waals surface area contributed by atoms with E-state index in [9.17, 15) is 18.0 Å². The maximum absolute atomic E-state index is 12.0. The van der Waals surface area contributed by atoms with Crippen LogP contribution in [-0.4, -0.2) is 33.0 Å². The van der Waals surface area contributed by atoms with Crippen LogP contribution in [0, 0.1) is 0 Å². The van der Waals surface area contributed by atoms with Gasteiger partial charge in [-0.3, -0.25) is 9.59 Å². The Morgan fingerprint density at radius 2 is 1.89 bits per heavy atom. The van der Waals surface area contributed by atoms with Crippen molar-refractivity contribution in [2.24, 2.45) is 0 Å². The number of rotatable bonds is 8. The highest BCUT2D eigenvalue weighted by molar-refractivity contribution is 7.90. The van der Waals surface area contributed by atoms with Gasteiger partial charge < -0.3 is 15.1 Å². The molecular formula is C19H22N2O5S. The zero-order valence-electron chi connectivity index (χ0n) is 15.1. The highest BCUT2D eigenvalue weighted by atomic mass is 32.2. The molecule has 7 nitrogen and oxygen atoms in total. The van der Waals surface area contributed by atoms with E-state index in [4.69, 9.17) is 4.42 Å². The quantitative estimate of drug-likeness (QED) is 0.672. The number of nitrogens with one attached hydrogen (secondary N) is 2. The molecule has 0 aliphatic rings. The normalized spacial score (nSPS) is 12.7. The van der Waals surface area contributed by atoms with Gasteiger partial charge >= 0.3 is 0 Å². The first-order valence-electron chi connectivity index (χ1n) is 8.34. The Bertz CT molecular complexity index is 900. The summed E-state index contributed by atoms with van der Waals surface area (Å²) in [7, 11) is -3.25. The number of carbonyl (C=O) groups is 2. The zero-order chi connectivity index (χ0) is 19.9. The van der Waals surface area contributed by atoms with Gasteiger partial charge in [-0.25, -0.2) is 8.42 Å². The largest absolute Gasteiger partial charge is 0.465 e. The summed E-state index contributed by atoms with van der Waals surface area (Å²) in [4.78, 5) is 23.9. The van der Waals surface area contributed by atoms with Crippen LogP contribution in [0.2, 0.25) is 0 Å². The van der Waals surface area contributed by atoms with Gasteiger partial charge in [0.15, 0.2) is 9.84 Å². The Kier molecular flexibility index (Phi) is 6.95. The zero-order valence-corrected chi connectivity index (χ0v) is 16.0. The Hall–Kier alpha value is -2.87. The first-order valence-corrected chi connectivity index (χ1v) is 10.2. The van der Waals surface area contributed by atoms with Crippen molar-refractivity contribution >= 4 is 27.7 Å². The standard InChI is InChI=1S/C19H22N2O5S/c1-14(15-5-8-17(9-6-15)27(2,24)25)21-19(23)11-12-20-18(22)10-7-16-4-3-13-26-16/h3-10,13-14H,11-12H2,1-2H3,(H,20,22)(H,21,23)/b10-7+. The number of carbonyl (C=O) groups excluding carboxylic acids is 2. The lowest BCUT2D eigenvalue weighted by Gasteiger charge is -2.15. The van der Waals surface area contributed by atoms with E-state index >= 15 is 0 Å². The molecule has 1 heterocycles. The van der Waals surface area contributed by atoms with Crippen molar-refractivity contribution in [3.05, 3.63) is 60.1 Å². The van der Waals surface area contributed by atoms with Gasteiger partial charge in [-0.05, 0) is 42.8 Å². The molecule has 0 saturated carbocycles. The number of hydrogen-bond donors (Lipinski definition) is 2. The molecule has 8 heteroatoms. The van der Waals surface area contributed by atoms with Crippen molar-refractivity contribution < 1.29 is 22.4 Å². The topological polar surface area (TPSA) is 105 Å². The fourth-order valence-electron chi connectivity index (χ4n) is 2.30. The summed E-state index contributed by atoms with van der Waals surface area (Å²) in [5.41, 5.74) is 0.793. The molecule has 2 rings (SSSR count). The molecule has 1 unspecified atom stereocenters. The van der Waals surface area contributed by atoms with E-state index in [0.29, 0.717) is 5.76 Å². The van der Waals surface area contributed by atoms with Crippen molar-refractivity contribution in [3.63, 3.8) is 0 Å². The smallest absolute Gasteiger partial charge is 0.244 e. The van der Waals surface area contributed by atoms with Crippen molar-refractivity contribution in [1.82, 2.24) is 10.6 Å². The maximum Gasteiger partial charge on any atom is 0.244 e. The van der Waals surface area contributed by atoms with Crippen LogP contribution >= 0.6 is 0 Å². The average molecular weight is 390 g/mol. The molecule has 0 saturated heterocycles. The Balaban J connectivity index is 1.75. The number of benzene rings is 1. The minimum Gasteiger partial charge on any atom is -0.465 e. The van der Waals surface area contributed by atoms with E-state index < -0.39 is 9.84 Å². The summed E-state index contributed by atoms with van der Waals surface area (Å²) >= 11 is 0. The molecule has 0 aliphatic carbocycles. The minimum atomic E-state index is -3.25. The predicted octanol–water partition coefficient (Wildman–Crippen LogP) is 2.08. The van der Waals surface area contributed by atoms with Crippen LogP contribution in [-0.2, 0) is 19.4 Å². The fourth-order valence-corrected chi connectivity index (χ4v) is 2.93. The molecule has 1 aromatic carbocycles. The second-order valence-corrected chi connectivity index (χ2v) is 8.04. The van der Waals surface area contributed by atoms with Crippen LogP contribution in [0.15, 0.2) is 58.1 Å². The predicted molar refractivity (Wildman–Crippen MR) is 101 cm³/mol. The van der Waals surface area contributed by atoms with Gasteiger partial charge in [0.05, 0.1) is 17.2 Å². The third kappa shape index (κ3) is 6.74. The maximum atomic E-state index is 12.0. The van der Waals surface area contributed by atoms with Crippen LogP contribution in [0.4, 0.5) is 0 Å². The average Bonchev–Trinajstić information content (AvgIpc) is 3.13. The Labute approximate surface area is 158 Å². The van der Waals surface area contributed by atoms with E-state index in [1.165, 1.54) is 30.5 Å². The molecular weight excluding hydrogens is 368 g/mol. The number of furan rings is 1. The van der Waals surface area contributed by atoms with Crippen molar-refractivity contribution in [1.29, 1.82) is 0 Å². The monoisotopic (exact) mass is 390 g/mol. The summed E-state index contributed by atoms with van der Waals surface area (Å²) < 4.78 is 28.0. The van der Waals surface area contributed by atoms with Crippen molar-refractivity contribution in [2.75, 3.05) is 12.8 Å². The van der Waals surface area contributed by atoms with E-state index in [2.05, 4.69) is 10.6 Å². The third-order valence-corrected chi connectivity index (χ3v) is 4.91. The summed E-state index contributed by atoms with van der Waals surface area (Å²) in [5, 5.41) is 5.43. The first-order chi connectivity index (χ1) is 12.8. The number of sulfone groups is 1. The van der Waals surface area contributed by atoms with Crippen LogP contribution in [0.1, 0.15) is 30.7 Å². The lowest BCUT2D eigenvalue weighted by Crippen LogP contribution is -2.31. The molecule has 2 amide bonds. The van der Waals surface area contributed by atoms with E-state index in [1.54, 1.807) is 31.2 Å². The molecule has 0 fully saturated rings. The van der Waals surface area contributed by atoms with Crippen molar-refractivity contribution in [3.8, 4) is 0 Å². The summed E-state index contributed by atoms with van der Waals surface area (Å²) in [5.74, 6) is 0.0345. The molecule has 144 valence electrons. The van der Waals surface area contributed by atoms with Gasteiger partial charge in [0.2, 0.25) is 11.8 Å². The van der Waals surface area contributed by atoms with Gasteiger partial charge in [0.1, 0.15) is 5.76 Å². The molecule has 2 N–H and O–H groups in total. The highest BCUT2D eigenvalue weighted by Gasteiger charge is 2.12. The second-order valence-electron chi connectivity index (χ2n) is 6.02. The molecule has 0 aliphatic heterocycles. The molecule has 0 spiro atoms. The van der Waals surface area contributed by atoms with E-state index in [-0.39, 0.29) is 35.7 Å². The number of amides is 2. The van der Waals surface area contributed by atoms with E-state index in [1.807, 2.05) is 0 Å². The van der Waals surface area contributed by atoms with Gasteiger partial charge in [-0.15, -0.1) is 0 Å². The molecule has 0 bridgehead atoms. The summed E-state index contributed by atoms with van der Waals surface area (Å²) in [6.45, 7) is 2.00. The minimum absolute atomic E-state index is 0.131. The third-order valence-electron chi connectivity index (χ3n) is 3.78. The SMILES string of the molecule is CC(NC(=O)CCNC(=O)/C=C/c1ccco1)c1ccc(S(C)(=O)=O)cc1. The van der Waals surface area contributed by atoms with Crippen molar-refractivity contribution in [2.45, 2.75) is 24.3 Å². The first kappa shape index (κ1) is 20.4. The van der Waals surface area contributed by atoms with Crippen LogP contribution < -0.4 is 10.6 Å². The lowest BCUT2D eigenvalue weighted by atomic mass is 10.1. The fraction of sp³-hybridized carbons (Fsp3) is 0.263. The molecule has 27 heavy (non-hydrogen) atoms. The van der Waals surface area contributed by atoms with Crippen LogP contribution in [0.25, 0.3) is 6.08 Å². The second kappa shape index (κ2) is 9.18. The van der Waals surface area contributed by atoms with Crippen LogP contribution in [0.5, 0.6) is 0 Å². The molecule has 1 atom stereocenters. The van der Waals surface area contributed by atoms with Crippen LogP contribution in [0.3, 0.4) is 0 Å². The Morgan fingerprint density at radius 1 is 1.19 bits per heavy atom. The van der Waals surface area contributed by atoms with E-state index in [0.717, 1.165) is 11.8 Å². The van der Waals surface area contributed by atoms with Gasteiger partial charge in [-0.2, -0.15) is 0 Å². The molecule has 2 aromatic rings. The molecule has 0 radical (unpaired) electrons. The summed E-state index contributed by atoms with van der Waals surface area (Å²) in [6, 6.07) is 9.53. The molecule has 1 aromatic heterocycles. The number of hydrogen-bond acceptors (Lipinski definition) is 5. The lowest BCUT2D eigenvalue weighted by molar-refractivity contribution is -0.121. The Morgan fingerprint density at radius 3 is 2.48 bits per heavy atom. The highest BCUT2D eigenvalue weighted by Crippen LogP contribution is 2.16.